The molecule has 0 atom stereocenters. The van der Waals surface area contributed by atoms with Crippen LogP contribution < -0.4 is 5.73 Å². The molecule has 2 aromatic rings. The Kier molecular flexibility index (Phi) is 3.80. The lowest BCUT2D eigenvalue weighted by atomic mass is 10.1. The van der Waals surface area contributed by atoms with Gasteiger partial charge in [-0.1, -0.05) is 22.9 Å². The summed E-state index contributed by atoms with van der Waals surface area (Å²) in [6.45, 7) is 4.82. The maximum absolute atomic E-state index is 5.91. The zero-order valence-corrected chi connectivity index (χ0v) is 11.7. The third kappa shape index (κ3) is 3.05. The minimum absolute atomic E-state index is 0.347. The van der Waals surface area contributed by atoms with E-state index in [1.165, 1.54) is 5.56 Å². The predicted molar refractivity (Wildman–Crippen MR) is 77.0 cm³/mol. The average Bonchev–Trinajstić information content (AvgIpc) is 2.91. The van der Waals surface area contributed by atoms with Crippen LogP contribution in [0.1, 0.15) is 24.2 Å². The van der Waals surface area contributed by atoms with E-state index >= 15 is 0 Å². The van der Waals surface area contributed by atoms with Crippen LogP contribution in [0.25, 0.3) is 11.5 Å². The monoisotopic (exact) mass is 272 g/mol. The van der Waals surface area contributed by atoms with Crippen LogP contribution in [0.4, 0.5) is 0 Å². The van der Waals surface area contributed by atoms with E-state index < -0.39 is 0 Å². The number of benzene rings is 1. The molecule has 1 fully saturated rings. The van der Waals surface area contributed by atoms with Gasteiger partial charge in [-0.05, 0) is 31.9 Å². The minimum atomic E-state index is 0.347. The van der Waals surface area contributed by atoms with Crippen LogP contribution >= 0.6 is 0 Å². The molecule has 1 aliphatic rings. The van der Waals surface area contributed by atoms with Gasteiger partial charge >= 0.3 is 0 Å². The van der Waals surface area contributed by atoms with Gasteiger partial charge < -0.3 is 10.3 Å². The van der Waals surface area contributed by atoms with Crippen LogP contribution in [0.2, 0.25) is 0 Å². The Morgan fingerprint density at radius 2 is 1.95 bits per heavy atom. The molecular formula is C15H20N4O. The molecular weight excluding hydrogens is 252 g/mol. The van der Waals surface area contributed by atoms with E-state index in [1.54, 1.807) is 0 Å². The Morgan fingerprint density at radius 1 is 1.25 bits per heavy atom. The van der Waals surface area contributed by atoms with Crippen molar-refractivity contribution >= 4 is 0 Å². The number of hydrogen-bond donors (Lipinski definition) is 1. The summed E-state index contributed by atoms with van der Waals surface area (Å²) in [5, 5.41) is 4.07. The molecule has 0 unspecified atom stereocenters. The maximum Gasteiger partial charge on any atom is 0.257 e. The summed E-state index contributed by atoms with van der Waals surface area (Å²) in [5.74, 6) is 1.34. The van der Waals surface area contributed by atoms with Crippen molar-refractivity contribution in [1.82, 2.24) is 15.0 Å². The lowest BCUT2D eigenvalue weighted by Gasteiger charge is -2.28. The molecule has 2 heterocycles. The number of hydrogen-bond acceptors (Lipinski definition) is 5. The van der Waals surface area contributed by atoms with Crippen molar-refractivity contribution in [2.24, 2.45) is 5.73 Å². The first-order chi connectivity index (χ1) is 9.70. The van der Waals surface area contributed by atoms with Crippen LogP contribution in [0.15, 0.2) is 28.8 Å². The lowest BCUT2D eigenvalue weighted by molar-refractivity contribution is 0.199. The first kappa shape index (κ1) is 13.3. The Hall–Kier alpha value is -1.72. The van der Waals surface area contributed by atoms with Crippen molar-refractivity contribution in [1.29, 1.82) is 0 Å². The summed E-state index contributed by atoms with van der Waals surface area (Å²) in [5.41, 5.74) is 8.09. The van der Waals surface area contributed by atoms with Crippen LogP contribution in [0, 0.1) is 6.92 Å². The molecule has 1 aromatic carbocycles. The molecule has 0 spiro atoms. The molecule has 1 saturated heterocycles. The molecule has 1 aliphatic heterocycles. The second kappa shape index (κ2) is 5.73. The van der Waals surface area contributed by atoms with Gasteiger partial charge in [0.25, 0.3) is 5.89 Å². The second-order valence-electron chi connectivity index (χ2n) is 5.50. The van der Waals surface area contributed by atoms with Crippen LogP contribution in [0.5, 0.6) is 0 Å². The van der Waals surface area contributed by atoms with Gasteiger partial charge in [-0.3, -0.25) is 4.90 Å². The third-order valence-corrected chi connectivity index (χ3v) is 3.76. The quantitative estimate of drug-likeness (QED) is 0.925. The molecule has 0 saturated carbocycles. The molecule has 2 N–H and O–H groups in total. The van der Waals surface area contributed by atoms with E-state index in [0.29, 0.717) is 11.9 Å². The summed E-state index contributed by atoms with van der Waals surface area (Å²) < 4.78 is 5.34. The first-order valence-corrected chi connectivity index (χ1v) is 7.08. The van der Waals surface area contributed by atoms with Gasteiger partial charge in [-0.2, -0.15) is 4.98 Å². The molecule has 20 heavy (non-hydrogen) atoms. The number of aryl methyl sites for hydroxylation is 1. The summed E-state index contributed by atoms with van der Waals surface area (Å²) in [6, 6.07) is 8.45. The molecule has 106 valence electrons. The third-order valence-electron chi connectivity index (χ3n) is 3.76. The van der Waals surface area contributed by atoms with Crippen molar-refractivity contribution < 1.29 is 4.52 Å². The number of piperidine rings is 1. The highest BCUT2D eigenvalue weighted by molar-refractivity contribution is 5.53. The topological polar surface area (TPSA) is 68.2 Å². The van der Waals surface area contributed by atoms with E-state index in [9.17, 15) is 0 Å². The largest absolute Gasteiger partial charge is 0.334 e. The highest BCUT2D eigenvalue weighted by atomic mass is 16.5. The van der Waals surface area contributed by atoms with Gasteiger partial charge in [0.2, 0.25) is 0 Å². The van der Waals surface area contributed by atoms with Crippen LogP contribution in [-0.2, 0) is 6.54 Å². The smallest absolute Gasteiger partial charge is 0.257 e. The van der Waals surface area contributed by atoms with Gasteiger partial charge in [0.05, 0.1) is 6.54 Å². The van der Waals surface area contributed by atoms with Gasteiger partial charge in [0.1, 0.15) is 0 Å². The number of rotatable bonds is 3. The number of likely N-dealkylation sites (tertiary alicyclic amines) is 1. The number of nitrogens with two attached hydrogens (primary N) is 1. The maximum atomic E-state index is 5.91. The van der Waals surface area contributed by atoms with E-state index in [4.69, 9.17) is 10.3 Å². The van der Waals surface area contributed by atoms with Crippen molar-refractivity contribution in [3.05, 3.63) is 35.7 Å². The van der Waals surface area contributed by atoms with Crippen LogP contribution in [0.3, 0.4) is 0 Å². The fourth-order valence-corrected chi connectivity index (χ4v) is 2.44. The van der Waals surface area contributed by atoms with Crippen molar-refractivity contribution in [3.8, 4) is 11.5 Å². The van der Waals surface area contributed by atoms with Crippen molar-refractivity contribution in [3.63, 3.8) is 0 Å². The molecule has 0 radical (unpaired) electrons. The number of aromatic nitrogens is 2. The summed E-state index contributed by atoms with van der Waals surface area (Å²) in [7, 11) is 0. The average molecular weight is 272 g/mol. The fourth-order valence-electron chi connectivity index (χ4n) is 2.44. The van der Waals surface area contributed by atoms with E-state index in [1.807, 2.05) is 24.3 Å². The standard InChI is InChI=1S/C15H20N4O/c1-11-2-4-12(5-3-11)15-17-14(18-20-15)10-19-8-6-13(16)7-9-19/h2-5,13H,6-10,16H2,1H3. The zero-order valence-electron chi connectivity index (χ0n) is 11.7. The molecule has 0 aliphatic carbocycles. The van der Waals surface area contributed by atoms with Crippen molar-refractivity contribution in [2.75, 3.05) is 13.1 Å². The normalized spacial score (nSPS) is 17.5. The molecule has 3 rings (SSSR count). The Labute approximate surface area is 118 Å². The predicted octanol–water partition coefficient (Wildman–Crippen LogP) is 1.97. The van der Waals surface area contributed by atoms with Crippen LogP contribution in [-0.4, -0.2) is 34.2 Å². The van der Waals surface area contributed by atoms with E-state index in [0.717, 1.165) is 43.9 Å². The Morgan fingerprint density at radius 3 is 2.65 bits per heavy atom. The summed E-state index contributed by atoms with van der Waals surface area (Å²) in [4.78, 5) is 6.80. The highest BCUT2D eigenvalue weighted by Crippen LogP contribution is 2.18. The number of nitrogens with zero attached hydrogens (tertiary/aromatic N) is 3. The van der Waals surface area contributed by atoms with Gasteiger partial charge in [-0.15, -0.1) is 0 Å². The van der Waals surface area contributed by atoms with Gasteiger partial charge in [0.15, 0.2) is 5.82 Å². The second-order valence-corrected chi connectivity index (χ2v) is 5.50. The zero-order chi connectivity index (χ0) is 13.9. The van der Waals surface area contributed by atoms with Gasteiger partial charge in [-0.25, -0.2) is 0 Å². The van der Waals surface area contributed by atoms with E-state index in [-0.39, 0.29) is 0 Å². The SMILES string of the molecule is Cc1ccc(-c2nc(CN3CCC(N)CC3)no2)cc1. The Balaban J connectivity index is 1.66. The summed E-state index contributed by atoms with van der Waals surface area (Å²) >= 11 is 0. The lowest BCUT2D eigenvalue weighted by Crippen LogP contribution is -2.39. The first-order valence-electron chi connectivity index (χ1n) is 7.08. The molecule has 5 heteroatoms. The fraction of sp³-hybridized carbons (Fsp3) is 0.467. The highest BCUT2D eigenvalue weighted by Gasteiger charge is 2.18. The summed E-state index contributed by atoms with van der Waals surface area (Å²) in [6.07, 6.45) is 2.09. The van der Waals surface area contributed by atoms with E-state index in [2.05, 4.69) is 22.0 Å². The molecule has 0 amide bonds. The Bertz CT molecular complexity index is 556. The molecule has 1 aromatic heterocycles. The molecule has 5 nitrogen and oxygen atoms in total. The van der Waals surface area contributed by atoms with Gasteiger partial charge in [0, 0.05) is 24.7 Å². The minimum Gasteiger partial charge on any atom is -0.334 e. The molecule has 0 bridgehead atoms. The van der Waals surface area contributed by atoms with Crippen molar-refractivity contribution in [2.45, 2.75) is 32.4 Å².